The Morgan fingerprint density at radius 3 is 2.86 bits per heavy atom. The van der Waals surface area contributed by atoms with Gasteiger partial charge in [-0.15, -0.1) is 0 Å². The number of likely N-dealkylation sites (N-methyl/N-ethyl adjacent to an activating group) is 1. The van der Waals surface area contributed by atoms with E-state index in [-0.39, 0.29) is 0 Å². The number of phenolic OH excluding ortho intramolecular Hbond substituents is 1. The van der Waals surface area contributed by atoms with Crippen LogP contribution < -0.4 is 5.32 Å². The molecule has 1 atom stereocenters. The average Bonchev–Trinajstić information content (AvgIpc) is 2.97. The van der Waals surface area contributed by atoms with Crippen LogP contribution in [0.25, 0.3) is 0 Å². The van der Waals surface area contributed by atoms with E-state index in [0.29, 0.717) is 11.8 Å². The van der Waals surface area contributed by atoms with Gasteiger partial charge in [0.05, 0.1) is 0 Å². The molecule has 1 saturated carbocycles. The van der Waals surface area contributed by atoms with E-state index in [4.69, 9.17) is 0 Å². The molecule has 2 nitrogen and oxygen atoms in total. The van der Waals surface area contributed by atoms with Crippen molar-refractivity contribution in [3.05, 3.63) is 29.8 Å². The highest BCUT2D eigenvalue weighted by molar-refractivity contribution is 5.27. The highest BCUT2D eigenvalue weighted by atomic mass is 16.3. The molecular weight excluding hydrogens is 174 g/mol. The Bertz CT molecular complexity index is 307. The van der Waals surface area contributed by atoms with Crippen LogP contribution in [0.5, 0.6) is 5.75 Å². The van der Waals surface area contributed by atoms with Crippen LogP contribution in [0.1, 0.15) is 18.4 Å². The van der Waals surface area contributed by atoms with Gasteiger partial charge in [-0.1, -0.05) is 12.1 Å². The minimum absolute atomic E-state index is 0.369. The summed E-state index contributed by atoms with van der Waals surface area (Å²) in [5.41, 5.74) is 1.22. The fraction of sp³-hybridized carbons (Fsp3) is 0.500. The second-order valence-corrected chi connectivity index (χ2v) is 4.11. The highest BCUT2D eigenvalue weighted by Crippen LogP contribution is 2.34. The van der Waals surface area contributed by atoms with Gasteiger partial charge in [0.25, 0.3) is 0 Å². The normalized spacial score (nSPS) is 18.1. The average molecular weight is 191 g/mol. The summed E-state index contributed by atoms with van der Waals surface area (Å²) in [4.78, 5) is 0. The lowest BCUT2D eigenvalue weighted by molar-refractivity contribution is 0.470. The zero-order chi connectivity index (χ0) is 9.97. The summed E-state index contributed by atoms with van der Waals surface area (Å²) in [5.74, 6) is 1.22. The van der Waals surface area contributed by atoms with E-state index in [2.05, 4.69) is 11.4 Å². The largest absolute Gasteiger partial charge is 0.508 e. The third-order valence-electron chi connectivity index (χ3n) is 2.93. The SMILES string of the molecule is CNC(Cc1cccc(O)c1)C1CC1. The van der Waals surface area contributed by atoms with Crippen LogP contribution in [-0.4, -0.2) is 18.2 Å². The fourth-order valence-electron chi connectivity index (χ4n) is 1.94. The molecule has 14 heavy (non-hydrogen) atoms. The molecule has 1 aromatic rings. The van der Waals surface area contributed by atoms with Gasteiger partial charge in [0.15, 0.2) is 0 Å². The third kappa shape index (κ3) is 2.26. The lowest BCUT2D eigenvalue weighted by Gasteiger charge is -2.15. The molecule has 0 spiro atoms. The van der Waals surface area contributed by atoms with Crippen molar-refractivity contribution in [3.8, 4) is 5.75 Å². The second-order valence-electron chi connectivity index (χ2n) is 4.11. The lowest BCUT2D eigenvalue weighted by atomic mass is 10.0. The zero-order valence-electron chi connectivity index (χ0n) is 8.53. The van der Waals surface area contributed by atoms with Gasteiger partial charge in [-0.2, -0.15) is 0 Å². The number of phenols is 1. The smallest absolute Gasteiger partial charge is 0.115 e. The van der Waals surface area contributed by atoms with E-state index in [1.807, 2.05) is 19.2 Å². The molecule has 0 amide bonds. The van der Waals surface area contributed by atoms with E-state index in [9.17, 15) is 5.11 Å². The minimum atomic E-state index is 0.369. The summed E-state index contributed by atoms with van der Waals surface area (Å²) in [5, 5.41) is 12.7. The molecule has 0 bridgehead atoms. The van der Waals surface area contributed by atoms with Gasteiger partial charge in [0, 0.05) is 6.04 Å². The monoisotopic (exact) mass is 191 g/mol. The molecule has 0 radical (unpaired) electrons. The van der Waals surface area contributed by atoms with Crippen molar-refractivity contribution in [1.82, 2.24) is 5.32 Å². The predicted molar refractivity (Wildman–Crippen MR) is 57.4 cm³/mol. The molecule has 2 heteroatoms. The number of rotatable bonds is 4. The summed E-state index contributed by atoms with van der Waals surface area (Å²) >= 11 is 0. The van der Waals surface area contributed by atoms with Crippen LogP contribution in [0.4, 0.5) is 0 Å². The maximum atomic E-state index is 9.33. The van der Waals surface area contributed by atoms with Gasteiger partial charge >= 0.3 is 0 Å². The van der Waals surface area contributed by atoms with Gasteiger partial charge in [-0.25, -0.2) is 0 Å². The van der Waals surface area contributed by atoms with Crippen molar-refractivity contribution in [2.45, 2.75) is 25.3 Å². The van der Waals surface area contributed by atoms with E-state index in [1.165, 1.54) is 18.4 Å². The molecule has 0 aromatic heterocycles. The Balaban J connectivity index is 2.01. The molecule has 0 aliphatic heterocycles. The molecule has 0 saturated heterocycles. The number of hydrogen-bond acceptors (Lipinski definition) is 2. The minimum Gasteiger partial charge on any atom is -0.508 e. The quantitative estimate of drug-likeness (QED) is 0.762. The van der Waals surface area contributed by atoms with Crippen molar-refractivity contribution < 1.29 is 5.11 Å². The Kier molecular flexibility index (Phi) is 2.73. The molecule has 2 N–H and O–H groups in total. The van der Waals surface area contributed by atoms with Crippen molar-refractivity contribution in [2.24, 2.45) is 5.92 Å². The maximum Gasteiger partial charge on any atom is 0.115 e. The van der Waals surface area contributed by atoms with Crippen molar-refractivity contribution in [1.29, 1.82) is 0 Å². The van der Waals surface area contributed by atoms with Gasteiger partial charge in [-0.05, 0) is 49.9 Å². The number of benzene rings is 1. The predicted octanol–water partition coefficient (Wildman–Crippen LogP) is 1.93. The molecule has 1 fully saturated rings. The van der Waals surface area contributed by atoms with Gasteiger partial charge < -0.3 is 10.4 Å². The number of nitrogens with one attached hydrogen (secondary N) is 1. The zero-order valence-corrected chi connectivity index (χ0v) is 8.53. The molecule has 2 rings (SSSR count). The molecule has 1 unspecified atom stereocenters. The van der Waals surface area contributed by atoms with E-state index >= 15 is 0 Å². The molecule has 0 heterocycles. The first-order chi connectivity index (χ1) is 6.79. The first-order valence-electron chi connectivity index (χ1n) is 5.25. The molecule has 1 aromatic carbocycles. The van der Waals surface area contributed by atoms with E-state index in [1.54, 1.807) is 6.07 Å². The van der Waals surface area contributed by atoms with Crippen LogP contribution in [0.15, 0.2) is 24.3 Å². The van der Waals surface area contributed by atoms with Gasteiger partial charge in [0.1, 0.15) is 5.75 Å². The van der Waals surface area contributed by atoms with Crippen molar-refractivity contribution >= 4 is 0 Å². The summed E-state index contributed by atoms with van der Waals surface area (Å²) in [6, 6.07) is 8.13. The van der Waals surface area contributed by atoms with Crippen LogP contribution in [0.3, 0.4) is 0 Å². The molecule has 1 aliphatic carbocycles. The van der Waals surface area contributed by atoms with Crippen LogP contribution in [0.2, 0.25) is 0 Å². The number of aromatic hydroxyl groups is 1. The van der Waals surface area contributed by atoms with E-state index < -0.39 is 0 Å². The maximum absolute atomic E-state index is 9.33. The van der Waals surface area contributed by atoms with E-state index in [0.717, 1.165) is 12.3 Å². The van der Waals surface area contributed by atoms with Crippen molar-refractivity contribution in [2.75, 3.05) is 7.05 Å². The number of hydrogen-bond donors (Lipinski definition) is 2. The second kappa shape index (κ2) is 4.01. The molecule has 1 aliphatic rings. The summed E-state index contributed by atoms with van der Waals surface area (Å²) < 4.78 is 0. The highest BCUT2D eigenvalue weighted by Gasteiger charge is 2.29. The van der Waals surface area contributed by atoms with Gasteiger partial charge in [0.2, 0.25) is 0 Å². The first-order valence-corrected chi connectivity index (χ1v) is 5.25. The third-order valence-corrected chi connectivity index (χ3v) is 2.93. The van der Waals surface area contributed by atoms with Crippen LogP contribution in [0, 0.1) is 5.92 Å². The fourth-order valence-corrected chi connectivity index (χ4v) is 1.94. The van der Waals surface area contributed by atoms with Crippen molar-refractivity contribution in [3.63, 3.8) is 0 Å². The lowest BCUT2D eigenvalue weighted by Crippen LogP contribution is -2.29. The first kappa shape index (κ1) is 9.53. The standard InChI is InChI=1S/C12H17NO/c1-13-12(10-5-6-10)8-9-3-2-4-11(14)7-9/h2-4,7,10,12-14H,5-6,8H2,1H3. The Morgan fingerprint density at radius 2 is 2.29 bits per heavy atom. The topological polar surface area (TPSA) is 32.3 Å². The Morgan fingerprint density at radius 1 is 1.50 bits per heavy atom. The summed E-state index contributed by atoms with van der Waals surface area (Å²) in [6.45, 7) is 0. The Labute approximate surface area is 85.0 Å². The van der Waals surface area contributed by atoms with Gasteiger partial charge in [-0.3, -0.25) is 0 Å². The Hall–Kier alpha value is -1.02. The summed E-state index contributed by atoms with van der Waals surface area (Å²) in [6.07, 6.45) is 3.73. The molecular formula is C12H17NO. The molecule has 76 valence electrons. The van der Waals surface area contributed by atoms with Crippen LogP contribution >= 0.6 is 0 Å². The summed E-state index contributed by atoms with van der Waals surface area (Å²) in [7, 11) is 2.02. The van der Waals surface area contributed by atoms with Crippen LogP contribution in [-0.2, 0) is 6.42 Å².